The van der Waals surface area contributed by atoms with Crippen molar-refractivity contribution in [1.29, 1.82) is 0 Å². The number of aromatic amines is 1. The number of nitrogens with one attached hydrogen (secondary N) is 1. The topological polar surface area (TPSA) is 85.3 Å². The molecule has 17 heavy (non-hydrogen) atoms. The standard InChI is InChI=1S/C10H8FN3O3/c1-14-8(10(16)17-13-14)9(15)12-7-4-2-6(11)3-5-7/h2-5H,1H3,(H-,12,13,15,16). The molecule has 7 heteroatoms. The summed E-state index contributed by atoms with van der Waals surface area (Å²) < 4.78 is 18.2. The van der Waals surface area contributed by atoms with E-state index in [9.17, 15) is 14.3 Å². The Balaban J connectivity index is 2.41. The molecular formula is C10H8FN3O3. The van der Waals surface area contributed by atoms with Gasteiger partial charge >= 0.3 is 11.3 Å². The van der Waals surface area contributed by atoms with E-state index >= 15 is 0 Å². The van der Waals surface area contributed by atoms with Gasteiger partial charge in [-0.1, -0.05) is 4.68 Å². The smallest absolute Gasteiger partial charge is 0.435 e. The third kappa shape index (κ3) is 2.22. The van der Waals surface area contributed by atoms with Gasteiger partial charge in [0.05, 0.1) is 11.6 Å². The number of H-pyrrole nitrogens is 1. The Hall–Kier alpha value is -2.44. The van der Waals surface area contributed by atoms with Crippen LogP contribution < -0.4 is 15.4 Å². The van der Waals surface area contributed by atoms with Crippen LogP contribution in [0.15, 0.2) is 38.6 Å². The molecule has 2 rings (SSSR count). The fourth-order valence-corrected chi connectivity index (χ4v) is 1.26. The van der Waals surface area contributed by atoms with Gasteiger partial charge in [-0.3, -0.25) is 9.52 Å². The van der Waals surface area contributed by atoms with E-state index in [4.69, 9.17) is 0 Å². The second-order valence-electron chi connectivity index (χ2n) is 3.28. The Bertz CT molecular complexity index is 612. The maximum Gasteiger partial charge on any atom is 0.435 e. The largest absolute Gasteiger partial charge is 0.854 e. The molecule has 0 fully saturated rings. The van der Waals surface area contributed by atoms with Crippen LogP contribution in [0.2, 0.25) is 0 Å². The molecule has 0 radical (unpaired) electrons. The third-order valence-corrected chi connectivity index (χ3v) is 2.06. The predicted octanol–water partition coefficient (Wildman–Crippen LogP) is -0.630. The lowest BCUT2D eigenvalue weighted by Crippen LogP contribution is -2.43. The van der Waals surface area contributed by atoms with Crippen molar-refractivity contribution < 1.29 is 18.7 Å². The summed E-state index contributed by atoms with van der Waals surface area (Å²) in [6.45, 7) is 0. The summed E-state index contributed by atoms with van der Waals surface area (Å²) >= 11 is 0. The van der Waals surface area contributed by atoms with Crippen LogP contribution >= 0.6 is 0 Å². The second kappa shape index (κ2) is 4.20. The van der Waals surface area contributed by atoms with Crippen LogP contribution in [0.3, 0.4) is 0 Å². The van der Waals surface area contributed by atoms with Gasteiger partial charge in [-0.15, -0.1) is 0 Å². The first-order valence-electron chi connectivity index (χ1n) is 4.67. The summed E-state index contributed by atoms with van der Waals surface area (Å²) in [5, 5.41) is 13.8. The zero-order valence-corrected chi connectivity index (χ0v) is 8.81. The molecule has 1 N–H and O–H groups in total. The van der Waals surface area contributed by atoms with E-state index < -0.39 is 17.3 Å². The first-order chi connectivity index (χ1) is 8.08. The predicted molar refractivity (Wildman–Crippen MR) is 53.1 cm³/mol. The molecule has 0 aliphatic rings. The van der Waals surface area contributed by atoms with E-state index in [1.165, 1.54) is 31.3 Å². The summed E-state index contributed by atoms with van der Waals surface area (Å²) in [7, 11) is 1.44. The lowest BCUT2D eigenvalue weighted by Gasteiger charge is -2.02. The van der Waals surface area contributed by atoms with Crippen molar-refractivity contribution in [2.24, 2.45) is 12.0 Å². The molecule has 1 aromatic carbocycles. The number of benzene rings is 1. The van der Waals surface area contributed by atoms with Crippen LogP contribution in [0.1, 0.15) is 5.69 Å². The number of rotatable bonds is 2. The molecule has 0 atom stereocenters. The van der Waals surface area contributed by atoms with Crippen LogP contribution in [0, 0.1) is 5.82 Å². The molecule has 0 aliphatic carbocycles. The quantitative estimate of drug-likeness (QED) is 0.428. The van der Waals surface area contributed by atoms with Crippen molar-refractivity contribution in [3.8, 4) is 0 Å². The van der Waals surface area contributed by atoms with Gasteiger partial charge in [0.15, 0.2) is 7.05 Å². The molecule has 0 aliphatic heterocycles. The Morgan fingerprint density at radius 3 is 2.65 bits per heavy atom. The Labute approximate surface area is 94.6 Å². The van der Waals surface area contributed by atoms with Gasteiger partial charge in [0.25, 0.3) is 0 Å². The van der Waals surface area contributed by atoms with Crippen molar-refractivity contribution in [2.45, 2.75) is 0 Å². The van der Waals surface area contributed by atoms with E-state index in [2.05, 4.69) is 14.8 Å². The van der Waals surface area contributed by atoms with E-state index in [0.29, 0.717) is 0 Å². The highest BCUT2D eigenvalue weighted by Crippen LogP contribution is 2.12. The summed E-state index contributed by atoms with van der Waals surface area (Å²) in [5.41, 5.74) is -0.769. The lowest BCUT2D eigenvalue weighted by molar-refractivity contribution is -0.742. The molecule has 0 saturated carbocycles. The minimum Gasteiger partial charge on any atom is -0.854 e. The van der Waals surface area contributed by atoms with Gasteiger partial charge in [-0.25, -0.2) is 9.18 Å². The normalized spacial score (nSPS) is 11.8. The number of hydrogen-bond acceptors (Lipinski definition) is 4. The average molecular weight is 237 g/mol. The third-order valence-electron chi connectivity index (χ3n) is 2.06. The number of nitrogens with zero attached hydrogens (tertiary/aromatic N) is 2. The molecule has 1 aromatic heterocycles. The van der Waals surface area contributed by atoms with Gasteiger partial charge in [0, 0.05) is 0 Å². The summed E-state index contributed by atoms with van der Waals surface area (Å²) in [4.78, 5) is 14.8. The van der Waals surface area contributed by atoms with E-state index in [0.717, 1.165) is 4.68 Å². The molecule has 2 aromatic rings. The van der Waals surface area contributed by atoms with Gasteiger partial charge in [-0.2, -0.15) is 0 Å². The number of hydrogen-bond donors (Lipinski definition) is 1. The molecule has 0 amide bonds. The monoisotopic (exact) mass is 237 g/mol. The first kappa shape index (κ1) is 11.1. The molecule has 0 spiro atoms. The van der Waals surface area contributed by atoms with Crippen LogP contribution in [-0.2, 0) is 7.05 Å². The van der Waals surface area contributed by atoms with Crippen LogP contribution in [-0.4, -0.2) is 11.2 Å². The molecule has 0 saturated heterocycles. The molecule has 6 nitrogen and oxygen atoms in total. The van der Waals surface area contributed by atoms with Crippen LogP contribution in [0.5, 0.6) is 0 Å². The summed E-state index contributed by atoms with van der Waals surface area (Å²) in [6, 6.07) is 5.01. The maximum absolute atomic E-state index is 12.6. The van der Waals surface area contributed by atoms with Crippen molar-refractivity contribution in [3.63, 3.8) is 0 Å². The molecule has 0 unspecified atom stereocenters. The first-order valence-corrected chi connectivity index (χ1v) is 4.67. The number of aromatic nitrogens is 2. The van der Waals surface area contributed by atoms with Gasteiger partial charge in [0.2, 0.25) is 0 Å². The highest BCUT2D eigenvalue weighted by molar-refractivity contribution is 5.88. The number of aliphatic imine (C=N–C) groups is 1. The fraction of sp³-hybridized carbons (Fsp3) is 0.100. The van der Waals surface area contributed by atoms with E-state index in [-0.39, 0.29) is 11.4 Å². The Morgan fingerprint density at radius 2 is 2.12 bits per heavy atom. The zero-order valence-electron chi connectivity index (χ0n) is 8.81. The Kier molecular flexibility index (Phi) is 2.73. The van der Waals surface area contributed by atoms with Crippen molar-refractivity contribution in [2.75, 3.05) is 0 Å². The average Bonchev–Trinajstić information content (AvgIpc) is 2.62. The number of halogens is 1. The maximum atomic E-state index is 12.6. The lowest BCUT2D eigenvalue weighted by atomic mass is 10.3. The summed E-state index contributed by atoms with van der Waals surface area (Å²) in [5.74, 6) is -1.18. The van der Waals surface area contributed by atoms with E-state index in [1.807, 2.05) is 0 Å². The Morgan fingerprint density at radius 1 is 1.47 bits per heavy atom. The van der Waals surface area contributed by atoms with E-state index in [1.54, 1.807) is 0 Å². The van der Waals surface area contributed by atoms with Crippen LogP contribution in [0.4, 0.5) is 10.1 Å². The van der Waals surface area contributed by atoms with Gasteiger partial charge in [0.1, 0.15) is 5.82 Å². The fourth-order valence-electron chi connectivity index (χ4n) is 1.26. The van der Waals surface area contributed by atoms with Gasteiger partial charge < -0.3 is 5.11 Å². The molecule has 88 valence electrons. The minimum absolute atomic E-state index is 0.227. The zero-order chi connectivity index (χ0) is 12.4. The highest BCUT2D eigenvalue weighted by atomic mass is 19.1. The molecule has 0 bridgehead atoms. The van der Waals surface area contributed by atoms with Gasteiger partial charge in [-0.05, 0) is 29.5 Å². The SMILES string of the molecule is C[n+]1[nH]oc(=O)c1C([O-])=Nc1ccc(F)cc1. The van der Waals surface area contributed by atoms with Crippen LogP contribution in [0.25, 0.3) is 0 Å². The second-order valence-corrected chi connectivity index (χ2v) is 3.28. The van der Waals surface area contributed by atoms with Crippen molar-refractivity contribution in [3.05, 3.63) is 46.2 Å². The molecule has 1 heterocycles. The molecular weight excluding hydrogens is 229 g/mol. The van der Waals surface area contributed by atoms with Crippen molar-refractivity contribution >= 4 is 11.6 Å². The number of aryl methyl sites for hydroxylation is 1. The summed E-state index contributed by atoms with van der Waals surface area (Å²) in [6.07, 6.45) is 0. The van der Waals surface area contributed by atoms with Crippen molar-refractivity contribution in [1.82, 2.24) is 5.27 Å². The minimum atomic E-state index is -0.802. The highest BCUT2D eigenvalue weighted by Gasteiger charge is 2.17.